The van der Waals surface area contributed by atoms with Gasteiger partial charge in [0.2, 0.25) is 5.91 Å². The van der Waals surface area contributed by atoms with E-state index in [0.717, 1.165) is 0 Å². The fourth-order valence-electron chi connectivity index (χ4n) is 3.75. The molecule has 3 rings (SSSR count). The fraction of sp³-hybridized carbons (Fsp3) is 0.632. The molecule has 1 spiro atoms. The molecule has 0 aliphatic carbocycles. The highest BCUT2D eigenvalue weighted by Crippen LogP contribution is 2.39. The van der Waals surface area contributed by atoms with Crippen LogP contribution in [0, 0.1) is 5.41 Å². The second-order valence-electron chi connectivity index (χ2n) is 8.38. The quantitative estimate of drug-likeness (QED) is 0.863. The molecule has 1 aromatic heterocycles. The summed E-state index contributed by atoms with van der Waals surface area (Å²) in [5, 5.41) is 9.54. The number of ether oxygens (including phenoxy) is 1. The smallest absolute Gasteiger partial charge is 0.328 e. The van der Waals surface area contributed by atoms with Crippen molar-refractivity contribution < 1.29 is 28.6 Å². The lowest BCUT2D eigenvalue weighted by Crippen LogP contribution is -2.58. The Bertz CT molecular complexity index is 713. The third-order valence-corrected chi connectivity index (χ3v) is 5.08. The molecule has 148 valence electrons. The van der Waals surface area contributed by atoms with Crippen molar-refractivity contribution in [3.63, 3.8) is 0 Å². The zero-order chi connectivity index (χ0) is 19.8. The van der Waals surface area contributed by atoms with Crippen LogP contribution in [0.3, 0.4) is 0 Å². The number of piperidine rings is 1. The monoisotopic (exact) mass is 378 g/mol. The molecule has 8 nitrogen and oxygen atoms in total. The van der Waals surface area contributed by atoms with Crippen molar-refractivity contribution in [3.8, 4) is 0 Å². The van der Waals surface area contributed by atoms with Gasteiger partial charge in [-0.2, -0.15) is 0 Å². The van der Waals surface area contributed by atoms with Crippen LogP contribution in [0.15, 0.2) is 22.8 Å². The van der Waals surface area contributed by atoms with Gasteiger partial charge in [-0.25, -0.2) is 4.79 Å². The zero-order valence-electron chi connectivity index (χ0n) is 15.9. The number of aliphatic carboxylic acids is 1. The summed E-state index contributed by atoms with van der Waals surface area (Å²) in [6.45, 7) is 6.80. The van der Waals surface area contributed by atoms with Crippen LogP contribution in [0.1, 0.15) is 50.6 Å². The average Bonchev–Trinajstić information content (AvgIpc) is 3.22. The van der Waals surface area contributed by atoms with Gasteiger partial charge in [0, 0.05) is 32.4 Å². The molecule has 0 aromatic carbocycles. The van der Waals surface area contributed by atoms with Crippen molar-refractivity contribution in [1.82, 2.24) is 9.80 Å². The number of carbonyl (C=O) groups is 3. The van der Waals surface area contributed by atoms with E-state index in [0.29, 0.717) is 32.4 Å². The topological polar surface area (TPSA) is 100 Å². The molecular formula is C19H26N2O6. The molecule has 1 N–H and O–H groups in total. The van der Waals surface area contributed by atoms with Crippen molar-refractivity contribution >= 4 is 17.8 Å². The van der Waals surface area contributed by atoms with Crippen molar-refractivity contribution in [1.29, 1.82) is 0 Å². The molecule has 2 aliphatic heterocycles. The van der Waals surface area contributed by atoms with Crippen LogP contribution in [0.4, 0.5) is 0 Å². The lowest BCUT2D eigenvalue weighted by atomic mass is 9.90. The highest BCUT2D eigenvalue weighted by atomic mass is 16.5. The Morgan fingerprint density at radius 1 is 1.26 bits per heavy atom. The number of carboxylic acid groups (broad SMARTS) is 1. The fourth-order valence-corrected chi connectivity index (χ4v) is 3.75. The van der Waals surface area contributed by atoms with Gasteiger partial charge >= 0.3 is 5.97 Å². The number of carboxylic acids is 1. The Balaban J connectivity index is 1.77. The van der Waals surface area contributed by atoms with Crippen molar-refractivity contribution in [2.24, 2.45) is 5.41 Å². The molecule has 0 radical (unpaired) electrons. The SMILES string of the molecule is CC(C)(C)CC(=O)N1CCC2(CC1)OC[C@@H](C(=O)O)N2C(=O)c1ccco1. The minimum absolute atomic E-state index is 0.0639. The van der Waals surface area contributed by atoms with Crippen LogP contribution < -0.4 is 0 Å². The van der Waals surface area contributed by atoms with E-state index < -0.39 is 23.6 Å². The molecule has 2 saturated heterocycles. The maximum Gasteiger partial charge on any atom is 0.328 e. The third kappa shape index (κ3) is 3.85. The molecule has 0 bridgehead atoms. The van der Waals surface area contributed by atoms with Gasteiger partial charge in [-0.15, -0.1) is 0 Å². The number of nitrogens with zero attached hydrogens (tertiary/aromatic N) is 2. The van der Waals surface area contributed by atoms with Crippen molar-refractivity contribution in [2.75, 3.05) is 19.7 Å². The van der Waals surface area contributed by atoms with Crippen LogP contribution in [0.2, 0.25) is 0 Å². The van der Waals surface area contributed by atoms with Gasteiger partial charge in [0.05, 0.1) is 12.9 Å². The maximum absolute atomic E-state index is 12.9. The van der Waals surface area contributed by atoms with E-state index in [1.807, 2.05) is 20.8 Å². The number of carbonyl (C=O) groups excluding carboxylic acids is 2. The molecule has 2 fully saturated rings. The molecule has 1 atom stereocenters. The zero-order valence-corrected chi connectivity index (χ0v) is 15.9. The van der Waals surface area contributed by atoms with E-state index in [4.69, 9.17) is 9.15 Å². The van der Waals surface area contributed by atoms with Crippen LogP contribution >= 0.6 is 0 Å². The first-order valence-electron chi connectivity index (χ1n) is 9.15. The summed E-state index contributed by atoms with van der Waals surface area (Å²) >= 11 is 0. The lowest BCUT2D eigenvalue weighted by molar-refractivity contribution is -0.149. The normalized spacial score (nSPS) is 22.3. The molecule has 2 aliphatic rings. The average molecular weight is 378 g/mol. The van der Waals surface area contributed by atoms with E-state index in [1.54, 1.807) is 11.0 Å². The Kier molecular flexibility index (Phi) is 5.03. The number of rotatable bonds is 3. The molecular weight excluding hydrogens is 352 g/mol. The predicted molar refractivity (Wildman–Crippen MR) is 94.9 cm³/mol. The van der Waals surface area contributed by atoms with Gasteiger partial charge in [-0.05, 0) is 17.5 Å². The first kappa shape index (κ1) is 19.4. The number of amides is 2. The third-order valence-electron chi connectivity index (χ3n) is 5.08. The van der Waals surface area contributed by atoms with E-state index in [2.05, 4.69) is 0 Å². The minimum atomic E-state index is -1.11. The Hall–Kier alpha value is -2.35. The van der Waals surface area contributed by atoms with Gasteiger partial charge in [0.1, 0.15) is 5.72 Å². The summed E-state index contributed by atoms with van der Waals surface area (Å²) in [6.07, 6.45) is 2.56. The van der Waals surface area contributed by atoms with Crippen LogP contribution in [-0.2, 0) is 14.3 Å². The highest BCUT2D eigenvalue weighted by molar-refractivity contribution is 5.95. The molecule has 1 aromatic rings. The number of hydrogen-bond acceptors (Lipinski definition) is 5. The van der Waals surface area contributed by atoms with Crippen LogP contribution in [-0.4, -0.2) is 64.2 Å². The number of hydrogen-bond donors (Lipinski definition) is 1. The van der Waals surface area contributed by atoms with Crippen molar-refractivity contribution in [3.05, 3.63) is 24.2 Å². The summed E-state index contributed by atoms with van der Waals surface area (Å²) < 4.78 is 11.0. The summed E-state index contributed by atoms with van der Waals surface area (Å²) in [6, 6.07) is 2.02. The minimum Gasteiger partial charge on any atom is -0.480 e. The predicted octanol–water partition coefficient (Wildman–Crippen LogP) is 1.96. The van der Waals surface area contributed by atoms with E-state index in [9.17, 15) is 19.5 Å². The Morgan fingerprint density at radius 3 is 2.44 bits per heavy atom. The Morgan fingerprint density at radius 2 is 1.93 bits per heavy atom. The first-order chi connectivity index (χ1) is 12.6. The van der Waals surface area contributed by atoms with Gasteiger partial charge in [0.15, 0.2) is 11.8 Å². The highest BCUT2D eigenvalue weighted by Gasteiger charge is 2.54. The van der Waals surface area contributed by atoms with E-state index in [1.165, 1.54) is 17.2 Å². The first-order valence-corrected chi connectivity index (χ1v) is 9.15. The summed E-state index contributed by atoms with van der Waals surface area (Å²) in [7, 11) is 0. The maximum atomic E-state index is 12.9. The van der Waals surface area contributed by atoms with Gasteiger partial charge < -0.3 is 19.2 Å². The Labute approximate surface area is 158 Å². The van der Waals surface area contributed by atoms with E-state index in [-0.39, 0.29) is 23.7 Å². The number of furan rings is 1. The molecule has 2 amide bonds. The van der Waals surface area contributed by atoms with Gasteiger partial charge in [0.25, 0.3) is 5.91 Å². The summed E-state index contributed by atoms with van der Waals surface area (Å²) in [4.78, 5) is 40.1. The van der Waals surface area contributed by atoms with Crippen LogP contribution in [0.25, 0.3) is 0 Å². The largest absolute Gasteiger partial charge is 0.480 e. The number of likely N-dealkylation sites (tertiary alicyclic amines) is 1. The van der Waals surface area contributed by atoms with Crippen molar-refractivity contribution in [2.45, 2.75) is 51.8 Å². The van der Waals surface area contributed by atoms with Gasteiger partial charge in [-0.1, -0.05) is 20.8 Å². The summed E-state index contributed by atoms with van der Waals surface area (Å²) in [5.74, 6) is -1.47. The lowest BCUT2D eigenvalue weighted by Gasteiger charge is -2.44. The summed E-state index contributed by atoms with van der Waals surface area (Å²) in [5.41, 5.74) is -1.13. The molecule has 27 heavy (non-hydrogen) atoms. The molecule has 3 heterocycles. The second-order valence-corrected chi connectivity index (χ2v) is 8.38. The second kappa shape index (κ2) is 6.99. The molecule has 8 heteroatoms. The molecule has 0 saturated carbocycles. The van der Waals surface area contributed by atoms with E-state index >= 15 is 0 Å². The molecule has 0 unspecified atom stereocenters. The van der Waals surface area contributed by atoms with Crippen LogP contribution in [0.5, 0.6) is 0 Å². The van der Waals surface area contributed by atoms with Gasteiger partial charge in [-0.3, -0.25) is 14.5 Å². The standard InChI is InChI=1S/C19H26N2O6/c1-18(2,3)11-15(22)20-8-6-19(7-9-20)21(13(12-27-19)17(24)25)16(23)14-5-4-10-26-14/h4-5,10,13H,6-9,11-12H2,1-3H3,(H,24,25)/t13-/m0/s1.